The van der Waals surface area contributed by atoms with Crippen LogP contribution in [0.15, 0.2) is 24.3 Å². The second-order valence-corrected chi connectivity index (χ2v) is 6.81. The van der Waals surface area contributed by atoms with Crippen molar-refractivity contribution in [3.8, 4) is 0 Å². The van der Waals surface area contributed by atoms with E-state index >= 15 is 0 Å². The van der Waals surface area contributed by atoms with Crippen molar-refractivity contribution in [2.75, 3.05) is 44.6 Å². The first-order valence-corrected chi connectivity index (χ1v) is 9.21. The number of rotatable bonds is 7. The lowest BCUT2D eigenvalue weighted by atomic mass is 9.81. The Morgan fingerprint density at radius 2 is 1.69 bits per heavy atom. The number of hydrogen-bond donors (Lipinski definition) is 2. The fourth-order valence-electron chi connectivity index (χ4n) is 3.31. The van der Waals surface area contributed by atoms with Crippen molar-refractivity contribution in [3.05, 3.63) is 30.1 Å². The predicted molar refractivity (Wildman–Crippen MR) is 100 cm³/mol. The molecule has 1 fully saturated rings. The Labute approximate surface area is 154 Å². The summed E-state index contributed by atoms with van der Waals surface area (Å²) >= 11 is 0. The van der Waals surface area contributed by atoms with E-state index in [1.807, 2.05) is 23.6 Å². The van der Waals surface area contributed by atoms with Crippen molar-refractivity contribution in [2.24, 2.45) is 11.1 Å². The minimum Gasteiger partial charge on any atom is -0.340 e. The summed E-state index contributed by atoms with van der Waals surface area (Å²) in [5.41, 5.74) is 5.98. The number of nitrogens with two attached hydrogens (primary N) is 1. The third kappa shape index (κ3) is 4.80. The van der Waals surface area contributed by atoms with E-state index in [-0.39, 0.29) is 24.2 Å². The molecule has 0 spiro atoms. The van der Waals surface area contributed by atoms with Gasteiger partial charge in [0.25, 0.3) is 0 Å². The quantitative estimate of drug-likeness (QED) is 0.771. The summed E-state index contributed by atoms with van der Waals surface area (Å²) in [6.45, 7) is 7.12. The standard InChI is InChI=1S/C19H29FN4O2/c1-3-19(4-2,14-21)18(26)24-11-9-23(10-12-24)13-17(25)22-16-7-5-15(20)6-8-16/h5-8H,3-4,9-14,21H2,1-2H3,(H,22,25). The van der Waals surface area contributed by atoms with Crippen molar-refractivity contribution in [1.29, 1.82) is 0 Å². The summed E-state index contributed by atoms with van der Waals surface area (Å²) in [5, 5.41) is 2.76. The van der Waals surface area contributed by atoms with Crippen LogP contribution in [0.1, 0.15) is 26.7 Å². The second kappa shape index (κ2) is 9.09. The highest BCUT2D eigenvalue weighted by atomic mass is 19.1. The maximum atomic E-state index is 12.9. The van der Waals surface area contributed by atoms with Crippen LogP contribution in [0.5, 0.6) is 0 Å². The van der Waals surface area contributed by atoms with E-state index in [1.165, 1.54) is 24.3 Å². The molecule has 0 radical (unpaired) electrons. The summed E-state index contributed by atoms with van der Waals surface area (Å²) in [5.74, 6) is -0.355. The fourth-order valence-corrected chi connectivity index (χ4v) is 3.31. The molecule has 6 nitrogen and oxygen atoms in total. The second-order valence-electron chi connectivity index (χ2n) is 6.81. The van der Waals surface area contributed by atoms with Gasteiger partial charge in [0, 0.05) is 38.4 Å². The van der Waals surface area contributed by atoms with E-state index in [0.29, 0.717) is 38.4 Å². The largest absolute Gasteiger partial charge is 0.340 e. The molecular formula is C19H29FN4O2. The van der Waals surface area contributed by atoms with Gasteiger partial charge in [0.1, 0.15) is 5.82 Å². The third-order valence-electron chi connectivity index (χ3n) is 5.35. The molecular weight excluding hydrogens is 335 g/mol. The zero-order chi connectivity index (χ0) is 19.2. The average molecular weight is 364 g/mol. The van der Waals surface area contributed by atoms with Crippen molar-refractivity contribution in [1.82, 2.24) is 9.80 Å². The van der Waals surface area contributed by atoms with Crippen LogP contribution in [0.3, 0.4) is 0 Å². The van der Waals surface area contributed by atoms with E-state index in [9.17, 15) is 14.0 Å². The van der Waals surface area contributed by atoms with Crippen molar-refractivity contribution < 1.29 is 14.0 Å². The Kier molecular flexibility index (Phi) is 7.11. The SMILES string of the molecule is CCC(CC)(CN)C(=O)N1CCN(CC(=O)Nc2ccc(F)cc2)CC1. The number of amides is 2. The number of piperazine rings is 1. The highest BCUT2D eigenvalue weighted by Crippen LogP contribution is 2.28. The Morgan fingerprint density at radius 1 is 1.12 bits per heavy atom. The van der Waals surface area contributed by atoms with E-state index < -0.39 is 5.41 Å². The van der Waals surface area contributed by atoms with Crippen LogP contribution in [-0.2, 0) is 9.59 Å². The smallest absolute Gasteiger partial charge is 0.238 e. The van der Waals surface area contributed by atoms with Gasteiger partial charge in [0.2, 0.25) is 11.8 Å². The van der Waals surface area contributed by atoms with Crippen LogP contribution in [0.4, 0.5) is 10.1 Å². The van der Waals surface area contributed by atoms with Gasteiger partial charge in [0.05, 0.1) is 12.0 Å². The van der Waals surface area contributed by atoms with E-state index in [0.717, 1.165) is 12.8 Å². The maximum Gasteiger partial charge on any atom is 0.238 e. The Morgan fingerprint density at radius 3 is 2.19 bits per heavy atom. The lowest BCUT2D eigenvalue weighted by Gasteiger charge is -2.40. The third-order valence-corrected chi connectivity index (χ3v) is 5.35. The zero-order valence-corrected chi connectivity index (χ0v) is 15.6. The normalized spacial score (nSPS) is 15.8. The van der Waals surface area contributed by atoms with E-state index in [4.69, 9.17) is 5.73 Å². The maximum absolute atomic E-state index is 12.9. The molecule has 1 saturated heterocycles. The van der Waals surface area contributed by atoms with Crippen LogP contribution in [0.25, 0.3) is 0 Å². The molecule has 0 atom stereocenters. The molecule has 1 aliphatic rings. The molecule has 2 rings (SSSR count). The van der Waals surface area contributed by atoms with Gasteiger partial charge in [-0.05, 0) is 37.1 Å². The first kappa shape index (κ1) is 20.3. The predicted octanol–water partition coefficient (Wildman–Crippen LogP) is 1.67. The molecule has 0 aromatic heterocycles. The molecule has 0 aliphatic carbocycles. The highest BCUT2D eigenvalue weighted by molar-refractivity contribution is 5.92. The average Bonchev–Trinajstić information content (AvgIpc) is 2.66. The number of anilines is 1. The lowest BCUT2D eigenvalue weighted by Crippen LogP contribution is -2.55. The zero-order valence-electron chi connectivity index (χ0n) is 15.6. The van der Waals surface area contributed by atoms with Gasteiger partial charge in [-0.3, -0.25) is 14.5 Å². The van der Waals surface area contributed by atoms with E-state index in [1.54, 1.807) is 0 Å². The number of benzene rings is 1. The molecule has 1 aliphatic heterocycles. The number of halogens is 1. The first-order valence-electron chi connectivity index (χ1n) is 9.21. The van der Waals surface area contributed by atoms with Crippen LogP contribution in [-0.4, -0.2) is 60.9 Å². The molecule has 7 heteroatoms. The van der Waals surface area contributed by atoms with Crippen molar-refractivity contribution in [2.45, 2.75) is 26.7 Å². The summed E-state index contributed by atoms with van der Waals surface area (Å²) in [7, 11) is 0. The number of carbonyl (C=O) groups excluding carboxylic acids is 2. The van der Waals surface area contributed by atoms with Crippen LogP contribution < -0.4 is 11.1 Å². The van der Waals surface area contributed by atoms with Gasteiger partial charge in [-0.25, -0.2) is 4.39 Å². The summed E-state index contributed by atoms with van der Waals surface area (Å²) in [6.07, 6.45) is 1.47. The number of nitrogens with one attached hydrogen (secondary N) is 1. The Balaban J connectivity index is 1.83. The lowest BCUT2D eigenvalue weighted by molar-refractivity contribution is -0.144. The molecule has 2 amide bonds. The van der Waals surface area contributed by atoms with E-state index in [2.05, 4.69) is 5.32 Å². The van der Waals surface area contributed by atoms with Gasteiger partial charge in [0.15, 0.2) is 0 Å². The fraction of sp³-hybridized carbons (Fsp3) is 0.579. The van der Waals surface area contributed by atoms with Crippen LogP contribution in [0, 0.1) is 11.2 Å². The summed E-state index contributed by atoms with van der Waals surface area (Å²) in [4.78, 5) is 28.9. The van der Waals surface area contributed by atoms with Gasteiger partial charge in [-0.2, -0.15) is 0 Å². The molecule has 1 heterocycles. The first-order chi connectivity index (χ1) is 12.4. The minimum absolute atomic E-state index is 0.125. The highest BCUT2D eigenvalue weighted by Gasteiger charge is 2.37. The number of hydrogen-bond acceptors (Lipinski definition) is 4. The molecule has 0 bridgehead atoms. The molecule has 26 heavy (non-hydrogen) atoms. The molecule has 1 aromatic carbocycles. The van der Waals surface area contributed by atoms with Crippen LogP contribution in [0.2, 0.25) is 0 Å². The Hall–Kier alpha value is -1.99. The molecule has 144 valence electrons. The van der Waals surface area contributed by atoms with Gasteiger partial charge in [-0.1, -0.05) is 13.8 Å². The summed E-state index contributed by atoms with van der Waals surface area (Å²) < 4.78 is 12.9. The molecule has 3 N–H and O–H groups in total. The van der Waals surface area contributed by atoms with Crippen molar-refractivity contribution in [3.63, 3.8) is 0 Å². The summed E-state index contributed by atoms with van der Waals surface area (Å²) in [6, 6.07) is 5.69. The minimum atomic E-state index is -0.470. The molecule has 0 saturated carbocycles. The Bertz CT molecular complexity index is 600. The number of carbonyl (C=O) groups is 2. The van der Waals surface area contributed by atoms with Gasteiger partial charge >= 0.3 is 0 Å². The monoisotopic (exact) mass is 364 g/mol. The topological polar surface area (TPSA) is 78.7 Å². The van der Waals surface area contributed by atoms with Crippen LogP contribution >= 0.6 is 0 Å². The molecule has 1 aromatic rings. The van der Waals surface area contributed by atoms with Crippen molar-refractivity contribution >= 4 is 17.5 Å². The molecule has 0 unspecified atom stereocenters. The van der Waals surface area contributed by atoms with Gasteiger partial charge in [-0.15, -0.1) is 0 Å². The van der Waals surface area contributed by atoms with Gasteiger partial charge < -0.3 is 16.0 Å². The number of nitrogens with zero attached hydrogens (tertiary/aromatic N) is 2.